The first kappa shape index (κ1) is 18.5. The fraction of sp³-hybridized carbons (Fsp3) is 0.368. The molecule has 7 heteroatoms. The van der Waals surface area contributed by atoms with Crippen LogP contribution < -0.4 is 5.32 Å². The third-order valence-corrected chi connectivity index (χ3v) is 6.27. The highest BCUT2D eigenvalue weighted by molar-refractivity contribution is 7.91. The minimum Gasteiger partial charge on any atom is -0.326 e. The summed E-state index contributed by atoms with van der Waals surface area (Å²) < 4.78 is 23.6. The maximum Gasteiger partial charge on any atom is 0.221 e. The number of rotatable bonds is 6. The number of anilines is 1. The molecule has 1 atom stereocenters. The van der Waals surface area contributed by atoms with Crippen LogP contribution >= 0.6 is 0 Å². The number of hydrogen-bond donors (Lipinski definition) is 1. The van der Waals surface area contributed by atoms with Gasteiger partial charge in [-0.05, 0) is 30.7 Å². The first-order valence-electron chi connectivity index (χ1n) is 8.59. The number of fused-ring (bicyclic) bond motifs is 1. The molecule has 26 heavy (non-hydrogen) atoms. The Hall–Kier alpha value is -2.25. The highest BCUT2D eigenvalue weighted by Gasteiger charge is 2.31. The number of carbonyl (C=O) groups excluding carboxylic acids is 1. The lowest BCUT2D eigenvalue weighted by molar-refractivity contribution is -0.114. The van der Waals surface area contributed by atoms with E-state index in [0.717, 1.165) is 22.3 Å². The lowest BCUT2D eigenvalue weighted by atomic mass is 10.1. The van der Waals surface area contributed by atoms with Gasteiger partial charge in [0.15, 0.2) is 9.84 Å². The molecule has 0 spiro atoms. The maximum atomic E-state index is 11.8. The molecule has 1 aliphatic heterocycles. The van der Waals surface area contributed by atoms with Crippen molar-refractivity contribution in [2.24, 2.45) is 0 Å². The molecule has 1 aliphatic rings. The molecule has 1 aromatic carbocycles. The average molecular weight is 373 g/mol. The summed E-state index contributed by atoms with van der Waals surface area (Å²) in [6.07, 6.45) is 2.45. The van der Waals surface area contributed by atoms with E-state index in [1.54, 1.807) is 6.08 Å². The van der Waals surface area contributed by atoms with Crippen LogP contribution in [0.3, 0.4) is 0 Å². The molecule has 0 saturated carbocycles. The Morgan fingerprint density at radius 1 is 1.38 bits per heavy atom. The van der Waals surface area contributed by atoms with Gasteiger partial charge in [0.2, 0.25) is 5.91 Å². The van der Waals surface area contributed by atoms with Crippen molar-refractivity contribution in [1.29, 1.82) is 0 Å². The highest BCUT2D eigenvalue weighted by Crippen LogP contribution is 2.22. The summed E-state index contributed by atoms with van der Waals surface area (Å²) in [6, 6.07) is 9.52. The number of hydrogen-bond acceptors (Lipinski definition) is 5. The summed E-state index contributed by atoms with van der Waals surface area (Å²) in [6.45, 7) is 6.47. The van der Waals surface area contributed by atoms with Crippen molar-refractivity contribution in [3.63, 3.8) is 0 Å². The molecule has 3 rings (SSSR count). The second-order valence-electron chi connectivity index (χ2n) is 6.67. The molecule has 138 valence electrons. The lowest BCUT2D eigenvalue weighted by Gasteiger charge is -2.26. The van der Waals surface area contributed by atoms with Crippen molar-refractivity contribution >= 4 is 32.3 Å². The summed E-state index contributed by atoms with van der Waals surface area (Å²) >= 11 is 0. The molecule has 1 amide bonds. The van der Waals surface area contributed by atoms with Crippen LogP contribution in [0.2, 0.25) is 0 Å². The zero-order valence-corrected chi connectivity index (χ0v) is 15.6. The van der Waals surface area contributed by atoms with Gasteiger partial charge in [-0.3, -0.25) is 14.7 Å². The Bertz CT molecular complexity index is 940. The number of benzene rings is 1. The number of nitrogens with one attached hydrogen (secondary N) is 1. The maximum absolute atomic E-state index is 11.8. The molecule has 1 aromatic heterocycles. The Balaban J connectivity index is 1.80. The second-order valence-corrected chi connectivity index (χ2v) is 8.89. The molecular weight excluding hydrogens is 350 g/mol. The van der Waals surface area contributed by atoms with E-state index in [2.05, 4.69) is 21.8 Å². The molecule has 6 nitrogen and oxygen atoms in total. The van der Waals surface area contributed by atoms with E-state index in [0.29, 0.717) is 19.5 Å². The topological polar surface area (TPSA) is 79.4 Å². The van der Waals surface area contributed by atoms with Gasteiger partial charge in [0.1, 0.15) is 0 Å². The van der Waals surface area contributed by atoms with Crippen LogP contribution in [0.1, 0.15) is 19.0 Å². The third-order valence-electron chi connectivity index (χ3n) is 4.52. The summed E-state index contributed by atoms with van der Waals surface area (Å²) in [5.74, 6) is 0.345. The van der Waals surface area contributed by atoms with Gasteiger partial charge in [-0.1, -0.05) is 12.1 Å². The van der Waals surface area contributed by atoms with Crippen LogP contribution in [0.5, 0.6) is 0 Å². The molecule has 1 N–H and O–H groups in total. The lowest BCUT2D eigenvalue weighted by Crippen LogP contribution is -2.36. The molecule has 2 aromatic rings. The van der Waals surface area contributed by atoms with Crippen molar-refractivity contribution in [1.82, 2.24) is 9.88 Å². The highest BCUT2D eigenvalue weighted by atomic mass is 32.2. The second kappa shape index (κ2) is 7.55. The molecule has 2 heterocycles. The van der Waals surface area contributed by atoms with Gasteiger partial charge in [-0.15, -0.1) is 6.58 Å². The van der Waals surface area contributed by atoms with Crippen LogP contribution in [0, 0.1) is 0 Å². The van der Waals surface area contributed by atoms with E-state index >= 15 is 0 Å². The summed E-state index contributed by atoms with van der Waals surface area (Å²) in [5, 5.41) is 3.71. The fourth-order valence-electron chi connectivity index (χ4n) is 3.32. The van der Waals surface area contributed by atoms with Gasteiger partial charge in [0.05, 0.1) is 22.7 Å². The minimum atomic E-state index is -2.93. The van der Waals surface area contributed by atoms with Crippen LogP contribution in [0.15, 0.2) is 43.0 Å². The predicted octanol–water partition coefficient (Wildman–Crippen LogP) is 2.37. The molecule has 0 bridgehead atoms. The average Bonchev–Trinajstić information content (AvgIpc) is 2.94. The predicted molar refractivity (Wildman–Crippen MR) is 104 cm³/mol. The Morgan fingerprint density at radius 3 is 2.85 bits per heavy atom. The van der Waals surface area contributed by atoms with E-state index in [1.807, 2.05) is 30.3 Å². The van der Waals surface area contributed by atoms with Crippen molar-refractivity contribution in [3.8, 4) is 0 Å². The zero-order chi connectivity index (χ0) is 18.7. The van der Waals surface area contributed by atoms with E-state index in [9.17, 15) is 13.2 Å². The van der Waals surface area contributed by atoms with E-state index in [4.69, 9.17) is 0 Å². The molecule has 1 unspecified atom stereocenters. The Labute approximate surface area is 153 Å². The number of sulfone groups is 1. The molecule has 0 aliphatic carbocycles. The van der Waals surface area contributed by atoms with Crippen LogP contribution in [-0.2, 0) is 21.2 Å². The quantitative estimate of drug-likeness (QED) is 0.787. The van der Waals surface area contributed by atoms with Gasteiger partial charge in [-0.25, -0.2) is 8.42 Å². The van der Waals surface area contributed by atoms with Crippen molar-refractivity contribution in [2.75, 3.05) is 23.4 Å². The molecule has 1 fully saturated rings. The summed E-state index contributed by atoms with van der Waals surface area (Å²) in [4.78, 5) is 18.0. The Kier molecular flexibility index (Phi) is 5.38. The SMILES string of the molecule is C=CCN(Cc1ccc2cc(NC(C)=O)ccc2n1)C1CCS(=O)(=O)C1. The van der Waals surface area contributed by atoms with E-state index < -0.39 is 9.84 Å². The number of amides is 1. The van der Waals surface area contributed by atoms with Crippen LogP contribution in [0.25, 0.3) is 10.9 Å². The number of aromatic nitrogens is 1. The van der Waals surface area contributed by atoms with Crippen LogP contribution in [0.4, 0.5) is 5.69 Å². The van der Waals surface area contributed by atoms with Crippen LogP contribution in [-0.4, -0.2) is 48.3 Å². The first-order chi connectivity index (χ1) is 12.4. The number of carbonyl (C=O) groups is 1. The molecular formula is C19H23N3O3S. The van der Waals surface area contributed by atoms with Gasteiger partial charge < -0.3 is 5.32 Å². The summed E-state index contributed by atoms with van der Waals surface area (Å²) in [7, 11) is -2.93. The van der Waals surface area contributed by atoms with Gasteiger partial charge >= 0.3 is 0 Å². The third kappa shape index (κ3) is 4.47. The summed E-state index contributed by atoms with van der Waals surface area (Å²) in [5.41, 5.74) is 2.47. The number of nitrogens with zero attached hydrogens (tertiary/aromatic N) is 2. The van der Waals surface area contributed by atoms with Gasteiger partial charge in [-0.2, -0.15) is 0 Å². The first-order valence-corrected chi connectivity index (χ1v) is 10.4. The molecule has 1 saturated heterocycles. The zero-order valence-electron chi connectivity index (χ0n) is 14.8. The minimum absolute atomic E-state index is 0.0117. The van der Waals surface area contributed by atoms with Crippen molar-refractivity contribution < 1.29 is 13.2 Å². The number of pyridine rings is 1. The van der Waals surface area contributed by atoms with Crippen molar-refractivity contribution in [3.05, 3.63) is 48.7 Å². The Morgan fingerprint density at radius 2 is 2.19 bits per heavy atom. The largest absolute Gasteiger partial charge is 0.326 e. The molecule has 0 radical (unpaired) electrons. The van der Waals surface area contributed by atoms with Gasteiger partial charge in [0, 0.05) is 37.1 Å². The van der Waals surface area contributed by atoms with Crippen molar-refractivity contribution in [2.45, 2.75) is 25.9 Å². The monoisotopic (exact) mass is 373 g/mol. The van der Waals surface area contributed by atoms with E-state index in [1.165, 1.54) is 6.92 Å². The van der Waals surface area contributed by atoms with Gasteiger partial charge in [0.25, 0.3) is 0 Å². The standard InChI is InChI=1S/C19H23N3O3S/c1-3-9-22(18-8-10-26(24,25)13-18)12-17-5-4-15-11-16(20-14(2)23)6-7-19(15)21-17/h3-7,11,18H,1,8-10,12-13H2,2H3,(H,20,23). The fourth-order valence-corrected chi connectivity index (χ4v) is 5.08. The normalized spacial score (nSPS) is 18.9. The smallest absolute Gasteiger partial charge is 0.221 e. The van der Waals surface area contributed by atoms with E-state index in [-0.39, 0.29) is 23.5 Å².